The van der Waals surface area contributed by atoms with E-state index in [1.54, 1.807) is 20.8 Å². The highest BCUT2D eigenvalue weighted by molar-refractivity contribution is 5.92. The first kappa shape index (κ1) is 17.9. The van der Waals surface area contributed by atoms with Gasteiger partial charge in [0, 0.05) is 5.41 Å². The fourth-order valence-electron chi connectivity index (χ4n) is 1.15. The minimum absolute atomic E-state index is 0.370. The number of carbonyl (C=O) groups is 4. The van der Waals surface area contributed by atoms with Gasteiger partial charge < -0.3 is 20.8 Å². The summed E-state index contributed by atoms with van der Waals surface area (Å²) in [5.41, 5.74) is -0.693. The van der Waals surface area contributed by atoms with Gasteiger partial charge in [-0.15, -0.1) is 0 Å². The molecule has 0 saturated carbocycles. The molecule has 20 heavy (non-hydrogen) atoms. The number of carboxylic acids is 2. The summed E-state index contributed by atoms with van der Waals surface area (Å²) in [5, 5.41) is 21.8. The third-order valence-corrected chi connectivity index (χ3v) is 2.42. The van der Waals surface area contributed by atoms with Gasteiger partial charge in [-0.25, -0.2) is 4.79 Å². The zero-order valence-corrected chi connectivity index (χ0v) is 11.9. The third kappa shape index (κ3) is 6.17. The van der Waals surface area contributed by atoms with E-state index in [0.29, 0.717) is 0 Å². The highest BCUT2D eigenvalue weighted by Crippen LogP contribution is 2.12. The summed E-state index contributed by atoms with van der Waals surface area (Å²) in [6.07, 6.45) is -0.735. The minimum Gasteiger partial charge on any atom is -0.481 e. The largest absolute Gasteiger partial charge is 0.481 e. The lowest BCUT2D eigenvalue weighted by molar-refractivity contribution is -0.147. The van der Waals surface area contributed by atoms with Gasteiger partial charge in [0.05, 0.1) is 6.42 Å². The summed E-state index contributed by atoms with van der Waals surface area (Å²) in [4.78, 5) is 44.7. The summed E-state index contributed by atoms with van der Waals surface area (Å²) in [5.74, 6) is -3.92. The Hall–Kier alpha value is -2.12. The molecule has 0 spiro atoms. The van der Waals surface area contributed by atoms with Gasteiger partial charge in [0.25, 0.3) is 0 Å². The quantitative estimate of drug-likeness (QED) is 0.524. The van der Waals surface area contributed by atoms with Crippen LogP contribution < -0.4 is 10.6 Å². The first-order valence-electron chi connectivity index (χ1n) is 6.01. The molecule has 0 heterocycles. The van der Waals surface area contributed by atoms with Gasteiger partial charge in [-0.2, -0.15) is 0 Å². The van der Waals surface area contributed by atoms with Gasteiger partial charge in [0.15, 0.2) is 0 Å². The van der Waals surface area contributed by atoms with Crippen LogP contribution in [-0.4, -0.2) is 46.0 Å². The Morgan fingerprint density at radius 3 is 1.90 bits per heavy atom. The van der Waals surface area contributed by atoms with Crippen molar-refractivity contribution in [3.05, 3.63) is 0 Å². The molecule has 0 aliphatic rings. The molecule has 0 aliphatic carbocycles. The van der Waals surface area contributed by atoms with Crippen LogP contribution in [0.5, 0.6) is 0 Å². The average molecular weight is 288 g/mol. The number of carboxylic acid groups (broad SMARTS) is 2. The molecule has 4 N–H and O–H groups in total. The molecule has 0 fully saturated rings. The Balaban J connectivity index is 4.62. The minimum atomic E-state index is -1.53. The Morgan fingerprint density at radius 2 is 1.55 bits per heavy atom. The summed E-state index contributed by atoms with van der Waals surface area (Å²) >= 11 is 0. The van der Waals surface area contributed by atoms with E-state index >= 15 is 0 Å². The molecule has 0 saturated heterocycles. The molecule has 2 amide bonds. The molecule has 0 aromatic carbocycles. The molecule has 8 heteroatoms. The van der Waals surface area contributed by atoms with Gasteiger partial charge in [-0.3, -0.25) is 14.4 Å². The van der Waals surface area contributed by atoms with Crippen molar-refractivity contribution in [2.24, 2.45) is 5.41 Å². The van der Waals surface area contributed by atoms with E-state index in [4.69, 9.17) is 10.2 Å². The fraction of sp³-hybridized carbons (Fsp3) is 0.667. The maximum absolute atomic E-state index is 11.7. The van der Waals surface area contributed by atoms with Crippen LogP contribution in [0.1, 0.15) is 34.1 Å². The molecular weight excluding hydrogens is 268 g/mol. The van der Waals surface area contributed by atoms with Crippen LogP contribution in [0.2, 0.25) is 0 Å². The number of amides is 2. The first-order valence-corrected chi connectivity index (χ1v) is 6.01. The van der Waals surface area contributed by atoms with Gasteiger partial charge in [0.1, 0.15) is 12.1 Å². The van der Waals surface area contributed by atoms with Crippen molar-refractivity contribution < 1.29 is 29.4 Å². The lowest BCUT2D eigenvalue weighted by atomic mass is 9.95. The molecule has 0 radical (unpaired) electrons. The van der Waals surface area contributed by atoms with E-state index in [9.17, 15) is 19.2 Å². The second-order valence-corrected chi connectivity index (χ2v) is 5.44. The summed E-state index contributed by atoms with van der Waals surface area (Å²) in [6.45, 7) is 6.38. The van der Waals surface area contributed by atoms with Crippen molar-refractivity contribution >= 4 is 23.8 Å². The molecule has 0 bridgehead atoms. The average Bonchev–Trinajstić information content (AvgIpc) is 2.25. The van der Waals surface area contributed by atoms with Gasteiger partial charge in [-0.1, -0.05) is 20.8 Å². The molecular formula is C12H20N2O6. The van der Waals surface area contributed by atoms with Gasteiger partial charge in [0.2, 0.25) is 11.8 Å². The fourth-order valence-corrected chi connectivity index (χ4v) is 1.15. The van der Waals surface area contributed by atoms with Crippen LogP contribution in [0.15, 0.2) is 0 Å². The lowest BCUT2D eigenvalue weighted by Gasteiger charge is -2.22. The number of aliphatic carboxylic acids is 2. The Bertz CT molecular complexity index is 413. The number of hydrogen-bond acceptors (Lipinski definition) is 4. The van der Waals surface area contributed by atoms with Crippen LogP contribution in [0.4, 0.5) is 0 Å². The number of hydrogen-bond donors (Lipinski definition) is 4. The molecule has 0 aliphatic heterocycles. The zero-order valence-electron chi connectivity index (χ0n) is 11.9. The van der Waals surface area contributed by atoms with Crippen LogP contribution in [-0.2, 0) is 19.2 Å². The molecule has 0 aromatic rings. The maximum Gasteiger partial charge on any atom is 0.326 e. The predicted octanol–water partition coefficient (Wildman–Crippen LogP) is -0.419. The summed E-state index contributed by atoms with van der Waals surface area (Å²) in [7, 11) is 0. The second kappa shape index (κ2) is 6.88. The van der Waals surface area contributed by atoms with E-state index in [0.717, 1.165) is 0 Å². The van der Waals surface area contributed by atoms with E-state index < -0.39 is 41.8 Å². The van der Waals surface area contributed by atoms with Crippen molar-refractivity contribution in [3.63, 3.8) is 0 Å². The van der Waals surface area contributed by atoms with Crippen molar-refractivity contribution in [1.82, 2.24) is 10.6 Å². The number of rotatable bonds is 6. The van der Waals surface area contributed by atoms with Crippen molar-refractivity contribution in [3.8, 4) is 0 Å². The topological polar surface area (TPSA) is 133 Å². The SMILES string of the molecule is CC(NC(=O)C(C)(C)C)C(=O)NC(CC(=O)O)C(=O)O. The van der Waals surface area contributed by atoms with Crippen molar-refractivity contribution in [1.29, 1.82) is 0 Å². The van der Waals surface area contributed by atoms with Crippen molar-refractivity contribution in [2.75, 3.05) is 0 Å². The van der Waals surface area contributed by atoms with E-state index in [1.807, 2.05) is 0 Å². The zero-order chi connectivity index (χ0) is 16.1. The molecule has 2 unspecified atom stereocenters. The van der Waals surface area contributed by atoms with Crippen LogP contribution in [0, 0.1) is 5.41 Å². The standard InChI is InChI=1S/C12H20N2O6/c1-6(13-11(20)12(2,3)4)9(17)14-7(10(18)19)5-8(15)16/h6-7H,5H2,1-4H3,(H,13,20)(H,14,17)(H,15,16)(H,18,19). The lowest BCUT2D eigenvalue weighted by Crippen LogP contribution is -2.52. The second-order valence-electron chi connectivity index (χ2n) is 5.44. The smallest absolute Gasteiger partial charge is 0.326 e. The van der Waals surface area contributed by atoms with Gasteiger partial charge >= 0.3 is 11.9 Å². The van der Waals surface area contributed by atoms with E-state index in [-0.39, 0.29) is 5.91 Å². The Labute approximate surface area is 116 Å². The third-order valence-electron chi connectivity index (χ3n) is 2.42. The van der Waals surface area contributed by atoms with Crippen LogP contribution in [0.25, 0.3) is 0 Å². The molecule has 2 atom stereocenters. The highest BCUT2D eigenvalue weighted by atomic mass is 16.4. The monoisotopic (exact) mass is 288 g/mol. The molecule has 0 rings (SSSR count). The Morgan fingerprint density at radius 1 is 1.05 bits per heavy atom. The summed E-state index contributed by atoms with van der Waals surface area (Å²) in [6, 6.07) is -2.49. The van der Waals surface area contributed by atoms with Gasteiger partial charge in [-0.05, 0) is 6.92 Å². The van der Waals surface area contributed by atoms with E-state index in [2.05, 4.69) is 10.6 Å². The van der Waals surface area contributed by atoms with Crippen molar-refractivity contribution in [2.45, 2.75) is 46.2 Å². The summed E-state index contributed by atoms with van der Waals surface area (Å²) < 4.78 is 0. The number of nitrogens with one attached hydrogen (secondary N) is 2. The Kier molecular flexibility index (Phi) is 6.15. The highest BCUT2D eigenvalue weighted by Gasteiger charge is 2.28. The number of carbonyl (C=O) groups excluding carboxylic acids is 2. The predicted molar refractivity (Wildman–Crippen MR) is 68.9 cm³/mol. The van der Waals surface area contributed by atoms with Crippen LogP contribution >= 0.6 is 0 Å². The van der Waals surface area contributed by atoms with Crippen LogP contribution in [0.3, 0.4) is 0 Å². The van der Waals surface area contributed by atoms with E-state index in [1.165, 1.54) is 6.92 Å². The maximum atomic E-state index is 11.7. The molecule has 114 valence electrons. The normalized spacial score (nSPS) is 14.0. The first-order chi connectivity index (χ1) is 8.95. The molecule has 8 nitrogen and oxygen atoms in total. The molecule has 0 aromatic heterocycles.